The van der Waals surface area contributed by atoms with Crippen LogP contribution in [0.4, 0.5) is 5.69 Å². The van der Waals surface area contributed by atoms with Gasteiger partial charge in [0, 0.05) is 17.1 Å². The number of rotatable bonds is 6. The summed E-state index contributed by atoms with van der Waals surface area (Å²) >= 11 is 19.4. The number of carbonyl (C=O) groups is 2. The van der Waals surface area contributed by atoms with E-state index in [1.165, 1.54) is 16.2 Å². The minimum absolute atomic E-state index is 0.134. The first-order valence-corrected chi connectivity index (χ1v) is 11.0. The topological polar surface area (TPSA) is 62.3 Å². The average Bonchev–Trinajstić information content (AvgIpc) is 3.10. The van der Waals surface area contributed by atoms with Crippen LogP contribution in [0.2, 0.25) is 15.1 Å². The highest BCUT2D eigenvalue weighted by Gasteiger charge is 2.23. The van der Waals surface area contributed by atoms with Gasteiger partial charge in [0.25, 0.3) is 5.91 Å². The van der Waals surface area contributed by atoms with Crippen molar-refractivity contribution in [2.24, 2.45) is 0 Å². The smallest absolute Gasteiger partial charge is 0.266 e. The molecular weight excluding hydrogens is 465 g/mol. The Bertz CT molecular complexity index is 1060. The quantitative estimate of drug-likeness (QED) is 0.456. The van der Waals surface area contributed by atoms with Gasteiger partial charge in [0.05, 0.1) is 21.4 Å². The summed E-state index contributed by atoms with van der Waals surface area (Å²) in [6, 6.07) is 12.2. The number of thiazole rings is 1. The molecule has 0 saturated heterocycles. The number of halogens is 3. The maximum Gasteiger partial charge on any atom is 0.266 e. The van der Waals surface area contributed by atoms with E-state index in [-0.39, 0.29) is 18.4 Å². The molecule has 2 amide bonds. The molecule has 0 spiro atoms. The lowest BCUT2D eigenvalue weighted by Crippen LogP contribution is -2.37. The van der Waals surface area contributed by atoms with Crippen LogP contribution >= 0.6 is 46.1 Å². The van der Waals surface area contributed by atoms with E-state index in [1.807, 2.05) is 19.1 Å². The van der Waals surface area contributed by atoms with Gasteiger partial charge in [-0.15, -0.1) is 11.3 Å². The molecule has 0 saturated carbocycles. The first-order chi connectivity index (χ1) is 14.3. The zero-order valence-electron chi connectivity index (χ0n) is 16.2. The molecule has 9 heteroatoms. The Hall–Kier alpha value is -2.12. The molecule has 0 aliphatic rings. The molecule has 0 aliphatic heterocycles. The fraction of sp³-hybridized carbons (Fsp3) is 0.190. The van der Waals surface area contributed by atoms with Gasteiger partial charge in [-0.05, 0) is 38.1 Å². The molecule has 0 fully saturated rings. The molecule has 30 heavy (non-hydrogen) atoms. The Balaban J connectivity index is 1.76. The number of aromatic nitrogens is 1. The van der Waals surface area contributed by atoms with E-state index in [1.54, 1.807) is 37.3 Å². The van der Waals surface area contributed by atoms with Crippen molar-refractivity contribution in [3.63, 3.8) is 0 Å². The van der Waals surface area contributed by atoms with Crippen molar-refractivity contribution in [3.05, 3.63) is 68.1 Å². The number of hydrogen-bond donors (Lipinski definition) is 1. The third-order valence-corrected chi connectivity index (χ3v) is 6.39. The third-order valence-electron chi connectivity index (χ3n) is 4.31. The normalized spacial score (nSPS) is 10.7. The zero-order chi connectivity index (χ0) is 21.8. The van der Waals surface area contributed by atoms with Gasteiger partial charge in [0.2, 0.25) is 5.91 Å². The summed E-state index contributed by atoms with van der Waals surface area (Å²) in [6.07, 6.45) is 0. The van der Waals surface area contributed by atoms with E-state index in [2.05, 4.69) is 10.3 Å². The number of anilines is 1. The molecule has 3 rings (SSSR count). The maximum absolute atomic E-state index is 13.1. The fourth-order valence-electron chi connectivity index (χ4n) is 2.75. The summed E-state index contributed by atoms with van der Waals surface area (Å²) in [5.41, 5.74) is 1.82. The molecule has 2 aromatic carbocycles. The van der Waals surface area contributed by atoms with Gasteiger partial charge in [-0.2, -0.15) is 0 Å². The van der Waals surface area contributed by atoms with E-state index in [0.29, 0.717) is 37.9 Å². The molecule has 1 heterocycles. The highest BCUT2D eigenvalue weighted by Crippen LogP contribution is 2.31. The molecule has 1 aromatic heterocycles. The van der Waals surface area contributed by atoms with Gasteiger partial charge in [0.1, 0.15) is 16.4 Å². The van der Waals surface area contributed by atoms with E-state index in [9.17, 15) is 9.59 Å². The van der Waals surface area contributed by atoms with Crippen molar-refractivity contribution in [1.29, 1.82) is 0 Å². The Morgan fingerprint density at radius 3 is 2.30 bits per heavy atom. The lowest BCUT2D eigenvalue weighted by molar-refractivity contribution is -0.116. The number of aryl methyl sites for hydroxylation is 1. The molecule has 1 N–H and O–H groups in total. The van der Waals surface area contributed by atoms with Crippen LogP contribution in [0.1, 0.15) is 22.3 Å². The summed E-state index contributed by atoms with van der Waals surface area (Å²) in [7, 11) is 0. The van der Waals surface area contributed by atoms with Gasteiger partial charge in [-0.25, -0.2) is 4.98 Å². The Kier molecular flexibility index (Phi) is 7.36. The van der Waals surface area contributed by atoms with Crippen LogP contribution in [0.15, 0.2) is 42.5 Å². The third kappa shape index (κ3) is 5.13. The second kappa shape index (κ2) is 9.79. The SMILES string of the molecule is CCN(CC(=O)Nc1c(Cl)cccc1Cl)C(=O)c1sc(-c2ccc(Cl)cc2)nc1C. The van der Waals surface area contributed by atoms with Crippen LogP contribution in [0.5, 0.6) is 0 Å². The molecular formula is C21H18Cl3N3O2S. The van der Waals surface area contributed by atoms with Crippen LogP contribution in [-0.4, -0.2) is 34.8 Å². The standard InChI is InChI=1S/C21H18Cl3N3O2S/c1-3-27(11-17(28)26-18-15(23)5-4-6-16(18)24)21(29)19-12(2)25-20(30-19)13-7-9-14(22)10-8-13/h4-10H,3,11H2,1-2H3,(H,26,28). The minimum atomic E-state index is -0.389. The number of carbonyl (C=O) groups excluding carboxylic acids is 2. The predicted octanol–water partition coefficient (Wildman–Crippen LogP) is 6.18. The lowest BCUT2D eigenvalue weighted by atomic mass is 10.2. The maximum atomic E-state index is 13.1. The molecule has 0 bridgehead atoms. The van der Waals surface area contributed by atoms with Gasteiger partial charge in [-0.3, -0.25) is 9.59 Å². The van der Waals surface area contributed by atoms with Gasteiger partial charge >= 0.3 is 0 Å². The average molecular weight is 483 g/mol. The minimum Gasteiger partial charge on any atom is -0.329 e. The largest absolute Gasteiger partial charge is 0.329 e. The summed E-state index contributed by atoms with van der Waals surface area (Å²) in [6.45, 7) is 3.81. The number of para-hydroxylation sites is 1. The lowest BCUT2D eigenvalue weighted by Gasteiger charge is -2.20. The second-order valence-electron chi connectivity index (χ2n) is 6.40. The van der Waals surface area contributed by atoms with Crippen LogP contribution in [0.25, 0.3) is 10.6 Å². The van der Waals surface area contributed by atoms with Gasteiger partial charge in [-0.1, -0.05) is 53.0 Å². The Morgan fingerprint density at radius 1 is 1.07 bits per heavy atom. The van der Waals surface area contributed by atoms with Crippen molar-refractivity contribution >= 4 is 63.6 Å². The molecule has 5 nitrogen and oxygen atoms in total. The Labute approximate surface area is 193 Å². The first kappa shape index (κ1) is 22.6. The fourth-order valence-corrected chi connectivity index (χ4v) is 4.41. The van der Waals surface area contributed by atoms with Crippen LogP contribution in [-0.2, 0) is 4.79 Å². The van der Waals surface area contributed by atoms with Crippen molar-refractivity contribution in [1.82, 2.24) is 9.88 Å². The number of benzene rings is 2. The summed E-state index contributed by atoms with van der Waals surface area (Å²) < 4.78 is 0. The van der Waals surface area contributed by atoms with Crippen LogP contribution < -0.4 is 5.32 Å². The molecule has 3 aromatic rings. The molecule has 0 atom stereocenters. The Morgan fingerprint density at radius 2 is 1.70 bits per heavy atom. The number of likely N-dealkylation sites (N-methyl/N-ethyl adjacent to an activating group) is 1. The highest BCUT2D eigenvalue weighted by atomic mass is 35.5. The molecule has 0 radical (unpaired) electrons. The number of nitrogens with one attached hydrogen (secondary N) is 1. The van der Waals surface area contributed by atoms with Crippen molar-refractivity contribution in [2.45, 2.75) is 13.8 Å². The van der Waals surface area contributed by atoms with Crippen molar-refractivity contribution < 1.29 is 9.59 Å². The van der Waals surface area contributed by atoms with Gasteiger partial charge < -0.3 is 10.2 Å². The molecule has 0 aliphatic carbocycles. The van der Waals surface area contributed by atoms with Crippen molar-refractivity contribution in [3.8, 4) is 10.6 Å². The molecule has 0 unspecified atom stereocenters. The molecule has 156 valence electrons. The highest BCUT2D eigenvalue weighted by molar-refractivity contribution is 7.17. The first-order valence-electron chi connectivity index (χ1n) is 9.06. The predicted molar refractivity (Wildman–Crippen MR) is 124 cm³/mol. The van der Waals surface area contributed by atoms with Crippen LogP contribution in [0, 0.1) is 6.92 Å². The zero-order valence-corrected chi connectivity index (χ0v) is 19.3. The van der Waals surface area contributed by atoms with E-state index in [4.69, 9.17) is 34.8 Å². The summed E-state index contributed by atoms with van der Waals surface area (Å²) in [5.74, 6) is -0.645. The van der Waals surface area contributed by atoms with Crippen LogP contribution in [0.3, 0.4) is 0 Å². The summed E-state index contributed by atoms with van der Waals surface area (Å²) in [5, 5.41) is 4.69. The number of nitrogens with zero attached hydrogens (tertiary/aromatic N) is 2. The number of hydrogen-bond acceptors (Lipinski definition) is 4. The van der Waals surface area contributed by atoms with E-state index >= 15 is 0 Å². The van der Waals surface area contributed by atoms with E-state index in [0.717, 1.165) is 10.6 Å². The van der Waals surface area contributed by atoms with Gasteiger partial charge in [0.15, 0.2) is 0 Å². The van der Waals surface area contributed by atoms with E-state index < -0.39 is 0 Å². The second-order valence-corrected chi connectivity index (χ2v) is 8.65. The van der Waals surface area contributed by atoms with Crippen molar-refractivity contribution in [2.75, 3.05) is 18.4 Å². The summed E-state index contributed by atoms with van der Waals surface area (Å²) in [4.78, 5) is 32.0. The number of amides is 2. The monoisotopic (exact) mass is 481 g/mol.